The number of carbonyl (C=O) groups is 2. The molecule has 1 aromatic rings. The molecule has 7 rings (SSSR count). The minimum absolute atomic E-state index is 0.119. The first-order chi connectivity index (χ1) is 19.0. The number of allylic oxidation sites excluding steroid dienone is 5. The van der Waals surface area contributed by atoms with Crippen LogP contribution in [0.5, 0.6) is 5.75 Å². The molecule has 206 valence electrons. The molecule has 39 heavy (non-hydrogen) atoms. The molecule has 1 saturated heterocycles. The molecule has 4 atom stereocenters. The van der Waals surface area contributed by atoms with Crippen molar-refractivity contribution in [2.75, 3.05) is 6.61 Å². The van der Waals surface area contributed by atoms with Gasteiger partial charge in [-0.25, -0.2) is 9.59 Å². The van der Waals surface area contributed by atoms with E-state index in [2.05, 4.69) is 19.1 Å². The summed E-state index contributed by atoms with van der Waals surface area (Å²) in [5, 5.41) is 19.3. The van der Waals surface area contributed by atoms with Crippen LogP contribution >= 0.6 is 0 Å². The van der Waals surface area contributed by atoms with Crippen LogP contribution in [0, 0.1) is 23.2 Å². The smallest absolute Gasteiger partial charge is 0.340 e. The maximum Gasteiger partial charge on any atom is 0.340 e. The Hall–Kier alpha value is -3.12. The van der Waals surface area contributed by atoms with E-state index in [4.69, 9.17) is 14.6 Å². The van der Waals surface area contributed by atoms with Gasteiger partial charge in [0.1, 0.15) is 17.3 Å². The first kappa shape index (κ1) is 26.1. The van der Waals surface area contributed by atoms with E-state index in [1.54, 1.807) is 12.1 Å². The van der Waals surface area contributed by atoms with Crippen LogP contribution in [0.3, 0.4) is 0 Å². The number of aliphatic hydroxyl groups excluding tert-OH is 1. The second kappa shape index (κ2) is 10.5. The topological polar surface area (TPSA) is 93.1 Å². The Morgan fingerprint density at radius 1 is 1.00 bits per heavy atom. The third kappa shape index (κ3) is 4.10. The summed E-state index contributed by atoms with van der Waals surface area (Å²) in [5.74, 6) is 1.19. The summed E-state index contributed by atoms with van der Waals surface area (Å²) in [7, 11) is 0. The fraction of sp³-hybridized carbons (Fsp3) is 0.515. The molecule has 4 unspecified atom stereocenters. The first-order valence-electron chi connectivity index (χ1n) is 14.7. The molecule has 1 aromatic carbocycles. The number of aromatic hydroxyl groups is 1. The van der Waals surface area contributed by atoms with Gasteiger partial charge >= 0.3 is 11.9 Å². The molecular weight excluding hydrogens is 492 g/mol. The highest BCUT2D eigenvalue weighted by Crippen LogP contribution is 2.71. The van der Waals surface area contributed by atoms with Crippen molar-refractivity contribution in [3.63, 3.8) is 0 Å². The first-order valence-corrected chi connectivity index (χ1v) is 14.7. The van der Waals surface area contributed by atoms with E-state index in [1.807, 2.05) is 12.1 Å². The van der Waals surface area contributed by atoms with Gasteiger partial charge in [-0.1, -0.05) is 38.3 Å². The summed E-state index contributed by atoms with van der Waals surface area (Å²) < 4.78 is 12.0. The van der Waals surface area contributed by atoms with Crippen LogP contribution in [0.25, 0.3) is 5.57 Å². The van der Waals surface area contributed by atoms with E-state index in [1.165, 1.54) is 0 Å². The fourth-order valence-corrected chi connectivity index (χ4v) is 8.07. The lowest BCUT2D eigenvalue weighted by Crippen LogP contribution is -2.52. The maximum absolute atomic E-state index is 13.7. The predicted octanol–water partition coefficient (Wildman–Crippen LogP) is 6.50. The van der Waals surface area contributed by atoms with Crippen molar-refractivity contribution >= 4 is 17.5 Å². The molecule has 6 heteroatoms. The lowest BCUT2D eigenvalue weighted by Gasteiger charge is -2.56. The molecule has 2 N–H and O–H groups in total. The number of phenolic OH excluding ortho intramolecular Hbond substituents is 1. The third-order valence-corrected chi connectivity index (χ3v) is 9.56. The molecular formula is C33H38O6. The summed E-state index contributed by atoms with van der Waals surface area (Å²) in [6.07, 6.45) is 14.0. The number of hydrogen-bond acceptors (Lipinski definition) is 6. The van der Waals surface area contributed by atoms with Crippen molar-refractivity contribution < 1.29 is 29.3 Å². The second-order valence-electron chi connectivity index (χ2n) is 11.7. The molecule has 2 bridgehead atoms. The van der Waals surface area contributed by atoms with Crippen LogP contribution in [-0.4, -0.2) is 28.8 Å². The van der Waals surface area contributed by atoms with Crippen LogP contribution in [0.4, 0.5) is 0 Å². The molecule has 1 saturated carbocycles. The van der Waals surface area contributed by atoms with Gasteiger partial charge in [0.2, 0.25) is 0 Å². The van der Waals surface area contributed by atoms with Gasteiger partial charge in [0.25, 0.3) is 0 Å². The molecule has 2 heterocycles. The van der Waals surface area contributed by atoms with Gasteiger partial charge in [-0.2, -0.15) is 0 Å². The number of fused-ring (bicyclic) bond motifs is 1. The number of esters is 2. The highest BCUT2D eigenvalue weighted by atomic mass is 16.5. The summed E-state index contributed by atoms with van der Waals surface area (Å²) in [5.41, 5.74) is 3.67. The van der Waals surface area contributed by atoms with Gasteiger partial charge in [-0.15, -0.1) is 0 Å². The molecule has 1 spiro atoms. The zero-order valence-corrected chi connectivity index (χ0v) is 22.7. The summed E-state index contributed by atoms with van der Waals surface area (Å²) in [6, 6.07) is 7.22. The van der Waals surface area contributed by atoms with E-state index in [-0.39, 0.29) is 42.0 Å². The highest BCUT2D eigenvalue weighted by molar-refractivity contribution is 6.06. The Labute approximate surface area is 230 Å². The molecule has 6 nitrogen and oxygen atoms in total. The van der Waals surface area contributed by atoms with Crippen molar-refractivity contribution in [1.82, 2.24) is 0 Å². The SMILES string of the molecule is CCCC=C1OC(=O)C2=C(c3cccc(O)c3)C3CCC12C1C2=C(CCC31)C(=CCCCCCCO)OC2=O. The average molecular weight is 531 g/mol. The van der Waals surface area contributed by atoms with E-state index < -0.39 is 5.41 Å². The molecule has 0 radical (unpaired) electrons. The van der Waals surface area contributed by atoms with E-state index >= 15 is 0 Å². The van der Waals surface area contributed by atoms with E-state index in [0.29, 0.717) is 17.1 Å². The predicted molar refractivity (Wildman–Crippen MR) is 147 cm³/mol. The minimum Gasteiger partial charge on any atom is -0.508 e. The number of phenols is 1. The lowest BCUT2D eigenvalue weighted by molar-refractivity contribution is -0.135. The van der Waals surface area contributed by atoms with Crippen LogP contribution in [0.15, 0.2) is 64.7 Å². The van der Waals surface area contributed by atoms with Crippen molar-refractivity contribution in [3.8, 4) is 5.75 Å². The average Bonchev–Trinajstić information content (AvgIpc) is 3.42. The zero-order valence-electron chi connectivity index (χ0n) is 22.7. The minimum atomic E-state index is -0.674. The summed E-state index contributed by atoms with van der Waals surface area (Å²) in [4.78, 5) is 27.2. The fourth-order valence-electron chi connectivity index (χ4n) is 8.07. The van der Waals surface area contributed by atoms with Crippen LogP contribution in [0.1, 0.15) is 83.1 Å². The van der Waals surface area contributed by atoms with Gasteiger partial charge in [-0.05, 0) is 98.6 Å². The summed E-state index contributed by atoms with van der Waals surface area (Å²) in [6.45, 7) is 2.34. The van der Waals surface area contributed by atoms with Crippen LogP contribution in [-0.2, 0) is 19.1 Å². The monoisotopic (exact) mass is 530 g/mol. The zero-order chi connectivity index (χ0) is 27.1. The Morgan fingerprint density at radius 2 is 1.85 bits per heavy atom. The Bertz CT molecular complexity index is 1310. The van der Waals surface area contributed by atoms with Crippen molar-refractivity contribution in [3.05, 3.63) is 70.2 Å². The lowest BCUT2D eigenvalue weighted by atomic mass is 9.44. The second-order valence-corrected chi connectivity index (χ2v) is 11.7. The molecule has 6 aliphatic rings. The number of carbonyl (C=O) groups excluding carboxylic acids is 2. The number of cyclic esters (lactones) is 2. The Morgan fingerprint density at radius 3 is 2.64 bits per heavy atom. The van der Waals surface area contributed by atoms with Crippen LogP contribution in [0.2, 0.25) is 0 Å². The number of aliphatic hydroxyl groups is 1. The maximum atomic E-state index is 13.7. The molecule has 4 aliphatic carbocycles. The number of ether oxygens (including phenoxy) is 2. The van der Waals surface area contributed by atoms with Crippen molar-refractivity contribution in [2.24, 2.45) is 23.2 Å². The Balaban J connectivity index is 1.46. The van der Waals surface area contributed by atoms with E-state index in [0.717, 1.165) is 92.9 Å². The third-order valence-electron chi connectivity index (χ3n) is 9.56. The Kier molecular flexibility index (Phi) is 7.00. The van der Waals surface area contributed by atoms with E-state index in [9.17, 15) is 14.7 Å². The molecule has 0 aromatic heterocycles. The van der Waals surface area contributed by atoms with Crippen molar-refractivity contribution in [2.45, 2.75) is 77.6 Å². The van der Waals surface area contributed by atoms with Gasteiger partial charge in [-0.3, -0.25) is 0 Å². The number of rotatable bonds is 9. The quantitative estimate of drug-likeness (QED) is 0.280. The molecule has 0 amide bonds. The molecule has 2 fully saturated rings. The van der Waals surface area contributed by atoms with Gasteiger partial charge in [0.05, 0.1) is 11.0 Å². The van der Waals surface area contributed by atoms with Crippen molar-refractivity contribution in [1.29, 1.82) is 0 Å². The normalized spacial score (nSPS) is 31.1. The number of unbranched alkanes of at least 4 members (excludes halogenated alkanes) is 5. The van der Waals surface area contributed by atoms with Crippen LogP contribution < -0.4 is 0 Å². The van der Waals surface area contributed by atoms with Gasteiger partial charge in [0.15, 0.2) is 0 Å². The number of hydrogen-bond donors (Lipinski definition) is 2. The van der Waals surface area contributed by atoms with Gasteiger partial charge in [0, 0.05) is 23.7 Å². The van der Waals surface area contributed by atoms with Gasteiger partial charge < -0.3 is 19.7 Å². The summed E-state index contributed by atoms with van der Waals surface area (Å²) >= 11 is 0. The standard InChI is InChI=1S/C33H38O6/c1-2-3-13-26-33-17-16-22(27(30(33)32(37)39-26)20-10-9-11-21(35)19-20)23-14-15-24-25(12-7-5-4-6-8-18-34)38-31(36)28(24)29(23)33/h9-13,19,22-23,29,34-35H,2-8,14-18H2,1H3. The largest absolute Gasteiger partial charge is 0.508 e. The number of benzene rings is 1. The highest BCUT2D eigenvalue weighted by Gasteiger charge is 2.68. The molecule has 2 aliphatic heterocycles.